The van der Waals surface area contributed by atoms with Crippen LogP contribution in [0.3, 0.4) is 0 Å². The third-order valence-corrected chi connectivity index (χ3v) is 3.33. The van der Waals surface area contributed by atoms with E-state index in [0.29, 0.717) is 0 Å². The average Bonchev–Trinajstić information content (AvgIpc) is 2.93. The van der Waals surface area contributed by atoms with Gasteiger partial charge in [0.15, 0.2) is 0 Å². The molecule has 3 rings (SSSR count). The molecule has 2 aromatic carbocycles. The van der Waals surface area contributed by atoms with E-state index in [1.807, 2.05) is 48.5 Å². The minimum absolute atomic E-state index is 0.806. The summed E-state index contributed by atoms with van der Waals surface area (Å²) in [5, 5.41) is 3.27. The fraction of sp³-hybridized carbons (Fsp3) is 0.133. The van der Waals surface area contributed by atoms with Gasteiger partial charge in [-0.05, 0) is 30.3 Å². The highest BCUT2D eigenvalue weighted by Crippen LogP contribution is 2.27. The van der Waals surface area contributed by atoms with Crippen LogP contribution in [0.5, 0.6) is 11.5 Å². The van der Waals surface area contributed by atoms with Crippen molar-refractivity contribution in [2.75, 3.05) is 13.1 Å². The standard InChI is InChI=1S/C15H13BrN2O/c16-11-4-3-5-12(10-11)19-14-7-2-1-6-13(14)15-17-8-9-18-15/h1-7,10H,8-9H2,(H,17,18). The van der Waals surface area contributed by atoms with Crippen molar-refractivity contribution in [2.45, 2.75) is 0 Å². The van der Waals surface area contributed by atoms with Crippen LogP contribution >= 0.6 is 15.9 Å². The van der Waals surface area contributed by atoms with Gasteiger partial charge in [-0.15, -0.1) is 0 Å². The highest BCUT2D eigenvalue weighted by atomic mass is 79.9. The van der Waals surface area contributed by atoms with Gasteiger partial charge in [-0.25, -0.2) is 0 Å². The van der Waals surface area contributed by atoms with Gasteiger partial charge in [0.2, 0.25) is 0 Å². The number of para-hydroxylation sites is 1. The molecule has 2 aromatic rings. The van der Waals surface area contributed by atoms with Gasteiger partial charge < -0.3 is 10.1 Å². The Morgan fingerprint density at radius 3 is 2.79 bits per heavy atom. The van der Waals surface area contributed by atoms with Crippen molar-refractivity contribution in [3.05, 3.63) is 58.6 Å². The zero-order valence-electron chi connectivity index (χ0n) is 10.3. The molecule has 3 nitrogen and oxygen atoms in total. The first-order valence-electron chi connectivity index (χ1n) is 6.14. The molecule has 0 aromatic heterocycles. The van der Waals surface area contributed by atoms with E-state index in [1.165, 1.54) is 0 Å². The van der Waals surface area contributed by atoms with Crippen LogP contribution in [0.25, 0.3) is 0 Å². The Morgan fingerprint density at radius 2 is 2.00 bits per heavy atom. The summed E-state index contributed by atoms with van der Waals surface area (Å²) in [6, 6.07) is 15.7. The molecule has 1 N–H and O–H groups in total. The van der Waals surface area contributed by atoms with E-state index in [2.05, 4.69) is 26.2 Å². The Morgan fingerprint density at radius 1 is 1.11 bits per heavy atom. The predicted molar refractivity (Wildman–Crippen MR) is 80.1 cm³/mol. The van der Waals surface area contributed by atoms with Crippen LogP contribution in [0.4, 0.5) is 0 Å². The Labute approximate surface area is 120 Å². The minimum atomic E-state index is 0.806. The number of nitrogens with one attached hydrogen (secondary N) is 1. The third-order valence-electron chi connectivity index (χ3n) is 2.84. The molecule has 0 fully saturated rings. The molecule has 0 radical (unpaired) electrons. The zero-order valence-corrected chi connectivity index (χ0v) is 11.9. The first-order chi connectivity index (χ1) is 9.33. The smallest absolute Gasteiger partial charge is 0.138 e. The van der Waals surface area contributed by atoms with Gasteiger partial charge in [-0.1, -0.05) is 34.1 Å². The molecular weight excluding hydrogens is 304 g/mol. The number of halogens is 1. The highest BCUT2D eigenvalue weighted by Gasteiger charge is 2.13. The molecule has 19 heavy (non-hydrogen) atoms. The van der Waals surface area contributed by atoms with Crippen LogP contribution in [0.1, 0.15) is 5.56 Å². The maximum Gasteiger partial charge on any atom is 0.138 e. The average molecular weight is 317 g/mol. The molecule has 1 heterocycles. The molecule has 1 aliphatic rings. The summed E-state index contributed by atoms with van der Waals surface area (Å²) >= 11 is 3.44. The lowest BCUT2D eigenvalue weighted by Crippen LogP contribution is -2.19. The Hall–Kier alpha value is -1.81. The Kier molecular flexibility index (Phi) is 3.51. The molecule has 0 unspecified atom stereocenters. The number of hydrogen-bond donors (Lipinski definition) is 1. The van der Waals surface area contributed by atoms with Gasteiger partial charge in [0.05, 0.1) is 12.1 Å². The molecule has 4 heteroatoms. The number of hydrogen-bond acceptors (Lipinski definition) is 3. The monoisotopic (exact) mass is 316 g/mol. The first-order valence-corrected chi connectivity index (χ1v) is 6.93. The normalized spacial score (nSPS) is 13.8. The topological polar surface area (TPSA) is 33.6 Å². The summed E-state index contributed by atoms with van der Waals surface area (Å²) in [6.45, 7) is 1.71. The molecule has 0 atom stereocenters. The molecule has 0 saturated heterocycles. The first kappa shape index (κ1) is 12.2. The zero-order chi connectivity index (χ0) is 13.1. The molecule has 0 amide bonds. The quantitative estimate of drug-likeness (QED) is 0.938. The van der Waals surface area contributed by atoms with E-state index in [1.54, 1.807) is 0 Å². The van der Waals surface area contributed by atoms with Crippen molar-refractivity contribution < 1.29 is 4.74 Å². The lowest BCUT2D eigenvalue weighted by molar-refractivity contribution is 0.481. The Balaban J connectivity index is 1.92. The van der Waals surface area contributed by atoms with E-state index < -0.39 is 0 Å². The van der Waals surface area contributed by atoms with Crippen molar-refractivity contribution in [3.63, 3.8) is 0 Å². The summed E-state index contributed by atoms with van der Waals surface area (Å²) in [5.41, 5.74) is 1.000. The van der Waals surface area contributed by atoms with E-state index >= 15 is 0 Å². The predicted octanol–water partition coefficient (Wildman–Crippen LogP) is 3.59. The van der Waals surface area contributed by atoms with Crippen LogP contribution in [0.15, 0.2) is 58.0 Å². The van der Waals surface area contributed by atoms with Crippen molar-refractivity contribution in [3.8, 4) is 11.5 Å². The number of nitrogens with zero attached hydrogens (tertiary/aromatic N) is 1. The minimum Gasteiger partial charge on any atom is -0.457 e. The van der Waals surface area contributed by atoms with E-state index in [-0.39, 0.29) is 0 Å². The molecule has 96 valence electrons. The van der Waals surface area contributed by atoms with Crippen molar-refractivity contribution >= 4 is 21.8 Å². The number of rotatable bonds is 3. The highest BCUT2D eigenvalue weighted by molar-refractivity contribution is 9.10. The number of benzene rings is 2. The second-order valence-electron chi connectivity index (χ2n) is 4.21. The second-order valence-corrected chi connectivity index (χ2v) is 5.13. The summed E-state index contributed by atoms with van der Waals surface area (Å²) in [5.74, 6) is 2.53. The molecule has 1 aliphatic heterocycles. The summed E-state index contributed by atoms with van der Waals surface area (Å²) in [4.78, 5) is 4.44. The van der Waals surface area contributed by atoms with Crippen LogP contribution < -0.4 is 10.1 Å². The summed E-state index contributed by atoms with van der Waals surface area (Å²) < 4.78 is 6.95. The summed E-state index contributed by atoms with van der Waals surface area (Å²) in [7, 11) is 0. The van der Waals surface area contributed by atoms with Crippen LogP contribution in [0.2, 0.25) is 0 Å². The van der Waals surface area contributed by atoms with E-state index in [9.17, 15) is 0 Å². The maximum absolute atomic E-state index is 5.95. The van der Waals surface area contributed by atoms with Crippen molar-refractivity contribution in [2.24, 2.45) is 4.99 Å². The fourth-order valence-corrected chi connectivity index (χ4v) is 2.37. The van der Waals surface area contributed by atoms with Gasteiger partial charge in [0.1, 0.15) is 17.3 Å². The van der Waals surface area contributed by atoms with Gasteiger partial charge in [-0.2, -0.15) is 0 Å². The van der Waals surface area contributed by atoms with Crippen LogP contribution in [-0.4, -0.2) is 18.9 Å². The summed E-state index contributed by atoms with van der Waals surface area (Å²) in [6.07, 6.45) is 0. The third kappa shape index (κ3) is 2.79. The van der Waals surface area contributed by atoms with Crippen LogP contribution in [0, 0.1) is 0 Å². The number of aliphatic imine (C=N–C) groups is 1. The number of amidine groups is 1. The molecular formula is C15H13BrN2O. The molecule has 0 spiro atoms. The lowest BCUT2D eigenvalue weighted by Gasteiger charge is -2.11. The SMILES string of the molecule is Brc1cccc(Oc2ccccc2C2=NCCN2)c1. The van der Waals surface area contributed by atoms with Gasteiger partial charge in [-0.3, -0.25) is 4.99 Å². The fourth-order valence-electron chi connectivity index (χ4n) is 1.99. The van der Waals surface area contributed by atoms with Gasteiger partial charge >= 0.3 is 0 Å². The van der Waals surface area contributed by atoms with Crippen molar-refractivity contribution in [1.29, 1.82) is 0 Å². The number of ether oxygens (including phenoxy) is 1. The molecule has 0 saturated carbocycles. The Bertz CT molecular complexity index is 625. The van der Waals surface area contributed by atoms with E-state index in [0.717, 1.165) is 40.5 Å². The lowest BCUT2D eigenvalue weighted by atomic mass is 10.2. The van der Waals surface area contributed by atoms with E-state index in [4.69, 9.17) is 4.74 Å². The maximum atomic E-state index is 5.95. The largest absolute Gasteiger partial charge is 0.457 e. The van der Waals surface area contributed by atoms with Crippen molar-refractivity contribution in [1.82, 2.24) is 5.32 Å². The second kappa shape index (κ2) is 5.45. The van der Waals surface area contributed by atoms with Gasteiger partial charge in [0, 0.05) is 11.0 Å². The molecule has 0 aliphatic carbocycles. The van der Waals surface area contributed by atoms with Gasteiger partial charge in [0.25, 0.3) is 0 Å². The molecule has 0 bridgehead atoms. The van der Waals surface area contributed by atoms with Crippen LogP contribution in [-0.2, 0) is 0 Å².